The fourth-order valence-corrected chi connectivity index (χ4v) is 2.23. The van der Waals surface area contributed by atoms with Crippen LogP contribution >= 0.6 is 0 Å². The summed E-state index contributed by atoms with van der Waals surface area (Å²) < 4.78 is 0. The number of nitrogens with zero attached hydrogens (tertiary/aromatic N) is 1. The highest BCUT2D eigenvalue weighted by Crippen LogP contribution is 2.27. The van der Waals surface area contributed by atoms with Crippen LogP contribution in [0.1, 0.15) is 36.3 Å². The van der Waals surface area contributed by atoms with E-state index in [-0.39, 0.29) is 0 Å². The van der Waals surface area contributed by atoms with Crippen LogP contribution in [0.15, 0.2) is 18.5 Å². The summed E-state index contributed by atoms with van der Waals surface area (Å²) in [5, 5.41) is 3.45. The molecule has 2 heteroatoms. The van der Waals surface area contributed by atoms with Gasteiger partial charge in [0.15, 0.2) is 0 Å². The van der Waals surface area contributed by atoms with Gasteiger partial charge in [-0.2, -0.15) is 0 Å². The highest BCUT2D eigenvalue weighted by molar-refractivity contribution is 5.25. The second-order valence-corrected chi connectivity index (χ2v) is 4.11. The van der Waals surface area contributed by atoms with E-state index in [0.717, 1.165) is 12.5 Å². The Morgan fingerprint density at radius 2 is 2.29 bits per heavy atom. The highest BCUT2D eigenvalue weighted by Gasteiger charge is 2.15. The Morgan fingerprint density at radius 3 is 3.14 bits per heavy atom. The van der Waals surface area contributed by atoms with E-state index in [1.54, 1.807) is 0 Å². The molecule has 2 nitrogen and oxygen atoms in total. The first kappa shape index (κ1) is 9.66. The number of aryl methyl sites for hydroxylation is 1. The van der Waals surface area contributed by atoms with Crippen LogP contribution in [0.25, 0.3) is 0 Å². The van der Waals surface area contributed by atoms with Gasteiger partial charge in [-0.05, 0) is 62.4 Å². The average molecular weight is 190 g/mol. The van der Waals surface area contributed by atoms with Crippen LogP contribution in [-0.2, 0) is 0 Å². The van der Waals surface area contributed by atoms with Crippen molar-refractivity contribution in [3.63, 3.8) is 0 Å². The lowest BCUT2D eigenvalue weighted by molar-refractivity contribution is 0.604. The molecule has 1 aliphatic rings. The Bertz CT molecular complexity index is 288. The normalized spacial score (nSPS) is 23.1. The molecule has 2 rings (SSSR count). The van der Waals surface area contributed by atoms with Crippen molar-refractivity contribution in [2.24, 2.45) is 0 Å². The van der Waals surface area contributed by atoms with Crippen LogP contribution in [0.3, 0.4) is 0 Å². The van der Waals surface area contributed by atoms with Crippen molar-refractivity contribution >= 4 is 0 Å². The maximum atomic E-state index is 4.23. The van der Waals surface area contributed by atoms with Gasteiger partial charge in [-0.1, -0.05) is 0 Å². The van der Waals surface area contributed by atoms with Gasteiger partial charge in [-0.25, -0.2) is 0 Å². The lowest BCUT2D eigenvalue weighted by Gasteiger charge is -2.15. The van der Waals surface area contributed by atoms with Gasteiger partial charge in [-0.15, -0.1) is 0 Å². The molecule has 1 atom stereocenters. The SMILES string of the molecule is Cc1ccncc1C1CCCNCC1. The second-order valence-electron chi connectivity index (χ2n) is 4.11. The molecule has 0 aliphatic carbocycles. The number of nitrogens with one attached hydrogen (secondary N) is 1. The number of aromatic nitrogens is 1. The van der Waals surface area contributed by atoms with Crippen LogP contribution in [0.5, 0.6) is 0 Å². The van der Waals surface area contributed by atoms with Gasteiger partial charge in [0, 0.05) is 12.4 Å². The van der Waals surface area contributed by atoms with Crippen LogP contribution in [0.4, 0.5) is 0 Å². The molecule has 0 bridgehead atoms. The minimum Gasteiger partial charge on any atom is -0.317 e. The van der Waals surface area contributed by atoms with E-state index in [2.05, 4.69) is 23.3 Å². The third kappa shape index (κ3) is 2.13. The molecule has 1 aromatic rings. The van der Waals surface area contributed by atoms with E-state index in [1.807, 2.05) is 12.4 Å². The lowest BCUT2D eigenvalue weighted by Crippen LogP contribution is -2.14. The number of rotatable bonds is 1. The molecule has 1 saturated heterocycles. The van der Waals surface area contributed by atoms with E-state index in [1.165, 1.54) is 36.9 Å². The smallest absolute Gasteiger partial charge is 0.0305 e. The van der Waals surface area contributed by atoms with Gasteiger partial charge in [0.25, 0.3) is 0 Å². The number of pyridine rings is 1. The molecular weight excluding hydrogens is 172 g/mol. The van der Waals surface area contributed by atoms with Crippen molar-refractivity contribution in [3.8, 4) is 0 Å². The summed E-state index contributed by atoms with van der Waals surface area (Å²) in [6.45, 7) is 4.52. The molecule has 1 unspecified atom stereocenters. The first-order valence-electron chi connectivity index (χ1n) is 5.49. The minimum atomic E-state index is 0.721. The van der Waals surface area contributed by atoms with Gasteiger partial charge in [-0.3, -0.25) is 4.98 Å². The van der Waals surface area contributed by atoms with Crippen molar-refractivity contribution in [2.75, 3.05) is 13.1 Å². The van der Waals surface area contributed by atoms with Crippen molar-refractivity contribution in [3.05, 3.63) is 29.6 Å². The zero-order chi connectivity index (χ0) is 9.80. The number of hydrogen-bond donors (Lipinski definition) is 1. The van der Waals surface area contributed by atoms with E-state index < -0.39 is 0 Å². The predicted octanol–water partition coefficient (Wildman–Crippen LogP) is 2.25. The number of hydrogen-bond acceptors (Lipinski definition) is 2. The summed E-state index contributed by atoms with van der Waals surface area (Å²) in [5.74, 6) is 0.721. The van der Waals surface area contributed by atoms with E-state index in [9.17, 15) is 0 Å². The summed E-state index contributed by atoms with van der Waals surface area (Å²) in [6.07, 6.45) is 7.78. The Morgan fingerprint density at radius 1 is 1.36 bits per heavy atom. The summed E-state index contributed by atoms with van der Waals surface area (Å²) >= 11 is 0. The van der Waals surface area contributed by atoms with Crippen molar-refractivity contribution in [1.82, 2.24) is 10.3 Å². The first-order chi connectivity index (χ1) is 6.88. The van der Waals surface area contributed by atoms with E-state index in [4.69, 9.17) is 0 Å². The Kier molecular flexibility index (Phi) is 3.14. The van der Waals surface area contributed by atoms with Crippen LogP contribution < -0.4 is 5.32 Å². The van der Waals surface area contributed by atoms with Gasteiger partial charge in [0.2, 0.25) is 0 Å². The van der Waals surface area contributed by atoms with Gasteiger partial charge in [0.05, 0.1) is 0 Å². The molecule has 0 amide bonds. The van der Waals surface area contributed by atoms with E-state index >= 15 is 0 Å². The first-order valence-corrected chi connectivity index (χ1v) is 5.49. The van der Waals surface area contributed by atoms with Crippen LogP contribution in [0.2, 0.25) is 0 Å². The summed E-state index contributed by atoms with van der Waals surface area (Å²) in [7, 11) is 0. The van der Waals surface area contributed by atoms with E-state index in [0.29, 0.717) is 0 Å². The average Bonchev–Trinajstić information content (AvgIpc) is 2.47. The van der Waals surface area contributed by atoms with Crippen LogP contribution in [-0.4, -0.2) is 18.1 Å². The standard InChI is InChI=1S/C12H18N2/c1-10-4-7-14-9-12(10)11-3-2-6-13-8-5-11/h4,7,9,11,13H,2-3,5-6,8H2,1H3. The molecule has 14 heavy (non-hydrogen) atoms. The Hall–Kier alpha value is -0.890. The quantitative estimate of drug-likeness (QED) is 0.734. The fourth-order valence-electron chi connectivity index (χ4n) is 2.23. The molecule has 1 N–H and O–H groups in total. The van der Waals surface area contributed by atoms with Gasteiger partial charge in [0.1, 0.15) is 0 Å². The maximum absolute atomic E-state index is 4.23. The van der Waals surface area contributed by atoms with Crippen LogP contribution in [0, 0.1) is 6.92 Å². The Labute approximate surface area is 85.7 Å². The molecule has 2 heterocycles. The monoisotopic (exact) mass is 190 g/mol. The molecule has 1 fully saturated rings. The molecule has 1 aromatic heterocycles. The topological polar surface area (TPSA) is 24.9 Å². The zero-order valence-electron chi connectivity index (χ0n) is 8.79. The summed E-state index contributed by atoms with van der Waals surface area (Å²) in [4.78, 5) is 4.23. The molecule has 0 spiro atoms. The highest BCUT2D eigenvalue weighted by atomic mass is 14.8. The van der Waals surface area contributed by atoms with Crippen molar-refractivity contribution in [1.29, 1.82) is 0 Å². The lowest BCUT2D eigenvalue weighted by atomic mass is 9.90. The molecular formula is C12H18N2. The van der Waals surface area contributed by atoms with Crippen molar-refractivity contribution < 1.29 is 0 Å². The predicted molar refractivity (Wildman–Crippen MR) is 58.4 cm³/mol. The Balaban J connectivity index is 2.16. The molecule has 76 valence electrons. The second kappa shape index (κ2) is 4.56. The summed E-state index contributed by atoms with van der Waals surface area (Å²) in [5.41, 5.74) is 2.85. The third-order valence-electron chi connectivity index (χ3n) is 3.10. The third-order valence-corrected chi connectivity index (χ3v) is 3.10. The molecule has 0 aromatic carbocycles. The maximum Gasteiger partial charge on any atom is 0.0305 e. The largest absolute Gasteiger partial charge is 0.317 e. The molecule has 0 saturated carbocycles. The fraction of sp³-hybridized carbons (Fsp3) is 0.583. The zero-order valence-corrected chi connectivity index (χ0v) is 8.79. The molecule has 0 radical (unpaired) electrons. The van der Waals surface area contributed by atoms with Gasteiger partial charge >= 0.3 is 0 Å². The minimum absolute atomic E-state index is 0.721. The summed E-state index contributed by atoms with van der Waals surface area (Å²) in [6, 6.07) is 2.12. The molecule has 1 aliphatic heterocycles. The van der Waals surface area contributed by atoms with Crippen molar-refractivity contribution in [2.45, 2.75) is 32.1 Å². The van der Waals surface area contributed by atoms with Gasteiger partial charge < -0.3 is 5.32 Å².